The molecule has 11 heteroatoms. The van der Waals surface area contributed by atoms with Crippen LogP contribution in [-0.4, -0.2) is 50.9 Å². The average molecular weight is 661 g/mol. The van der Waals surface area contributed by atoms with Crippen LogP contribution in [0, 0.1) is 16.0 Å². The van der Waals surface area contributed by atoms with Crippen molar-refractivity contribution < 1.29 is 29.5 Å². The van der Waals surface area contributed by atoms with Crippen LogP contribution in [0.3, 0.4) is 0 Å². The summed E-state index contributed by atoms with van der Waals surface area (Å²) >= 11 is 0. The molecule has 0 radical (unpaired) electrons. The number of carbonyl (C=O) groups is 3. The minimum absolute atomic E-state index is 0.0219. The largest absolute Gasteiger partial charge is 0.394 e. The Labute approximate surface area is 283 Å². The van der Waals surface area contributed by atoms with Crippen LogP contribution in [0.4, 0.5) is 22.7 Å². The number of aliphatic hydroxyl groups excluding tert-OH is 1. The highest BCUT2D eigenvalue weighted by molar-refractivity contribution is 6.07. The minimum atomic E-state index is -2.14. The van der Waals surface area contributed by atoms with Crippen molar-refractivity contribution in [2.45, 2.75) is 44.5 Å². The lowest BCUT2D eigenvalue weighted by Crippen LogP contribution is -2.46. The van der Waals surface area contributed by atoms with E-state index in [1.54, 1.807) is 48.2 Å². The van der Waals surface area contributed by atoms with Crippen LogP contribution in [-0.2, 0) is 39.5 Å². The van der Waals surface area contributed by atoms with E-state index in [-0.39, 0.29) is 42.8 Å². The van der Waals surface area contributed by atoms with Crippen LogP contribution in [0.15, 0.2) is 109 Å². The van der Waals surface area contributed by atoms with Crippen molar-refractivity contribution >= 4 is 41.0 Å². The van der Waals surface area contributed by atoms with Crippen molar-refractivity contribution in [3.8, 4) is 0 Å². The molecule has 0 saturated heterocycles. The molecule has 4 aromatic rings. The van der Waals surface area contributed by atoms with Crippen LogP contribution in [0.25, 0.3) is 0 Å². The molecule has 0 unspecified atom stereocenters. The number of hydrogen-bond acceptors (Lipinski definition) is 7. The van der Waals surface area contributed by atoms with Crippen LogP contribution < -0.4 is 9.80 Å². The number of para-hydroxylation sites is 1. The lowest BCUT2D eigenvalue weighted by Gasteiger charge is -2.36. The molecule has 3 amide bonds. The Balaban J connectivity index is 1.22. The quantitative estimate of drug-likeness (QED) is 0.0980. The van der Waals surface area contributed by atoms with Gasteiger partial charge in [0.25, 0.3) is 11.6 Å². The van der Waals surface area contributed by atoms with Gasteiger partial charge in [-0.15, -0.1) is 0 Å². The fourth-order valence-corrected chi connectivity index (χ4v) is 6.68. The average Bonchev–Trinajstić information content (AvgIpc) is 3.34. The standard InChI is InChI=1S/C38H36N4O7/c1-26(8-7-13-36(45)39-23-29-10-6-5-9-28(29)20-33(39)24-43)38(47)34-21-32(42(48)49)18-19-35(34)40(37(38)46)22-27-14-16-31(17-15-27)41(25-44)30-11-3-2-4-12-30/h2-12,14-19,21,25-26,33,43,47H,13,20,22-24H2,1H3/b8-7+/t26-,33-,38+/m0/s1. The van der Waals surface area contributed by atoms with Gasteiger partial charge in [-0.3, -0.25) is 29.4 Å². The van der Waals surface area contributed by atoms with Gasteiger partial charge in [0.2, 0.25) is 12.3 Å². The minimum Gasteiger partial charge on any atom is -0.394 e. The molecule has 2 N–H and O–H groups in total. The number of nitro benzene ring substituents is 1. The summed E-state index contributed by atoms with van der Waals surface area (Å²) in [5.74, 6) is -1.71. The highest BCUT2D eigenvalue weighted by Gasteiger charge is 2.53. The molecule has 11 nitrogen and oxygen atoms in total. The van der Waals surface area contributed by atoms with Crippen molar-refractivity contribution in [3.05, 3.63) is 142 Å². The summed E-state index contributed by atoms with van der Waals surface area (Å²) in [5.41, 5.74) is 2.19. The summed E-state index contributed by atoms with van der Waals surface area (Å²) in [7, 11) is 0. The monoisotopic (exact) mass is 660 g/mol. The van der Waals surface area contributed by atoms with E-state index in [2.05, 4.69) is 0 Å². The number of non-ortho nitro benzene ring substituents is 1. The number of carbonyl (C=O) groups excluding carboxylic acids is 3. The first-order chi connectivity index (χ1) is 23.6. The Morgan fingerprint density at radius 1 is 1.02 bits per heavy atom. The number of aliphatic hydroxyl groups is 2. The summed E-state index contributed by atoms with van der Waals surface area (Å²) in [6, 6.07) is 27.6. The molecule has 3 atom stereocenters. The molecule has 4 aromatic carbocycles. The van der Waals surface area contributed by atoms with E-state index in [9.17, 15) is 34.7 Å². The zero-order valence-electron chi connectivity index (χ0n) is 26.9. The number of benzene rings is 4. The number of rotatable bonds is 11. The van der Waals surface area contributed by atoms with E-state index in [0.717, 1.165) is 17.5 Å². The lowest BCUT2D eigenvalue weighted by molar-refractivity contribution is -0.385. The molecule has 0 fully saturated rings. The SMILES string of the molecule is C[C@@H](/C=C/CC(=O)N1Cc2ccccc2C[C@H]1CO)[C@]1(O)C(=O)N(Cc2ccc(N(C=O)c3ccccc3)cc2)c2ccc([N+](=O)[O-])cc21. The van der Waals surface area contributed by atoms with E-state index in [4.69, 9.17) is 0 Å². The topological polar surface area (TPSA) is 145 Å². The van der Waals surface area contributed by atoms with E-state index in [1.165, 1.54) is 28.0 Å². The van der Waals surface area contributed by atoms with Crippen molar-refractivity contribution in [1.82, 2.24) is 4.90 Å². The molecule has 0 aromatic heterocycles. The van der Waals surface area contributed by atoms with Gasteiger partial charge in [0.05, 0.1) is 29.8 Å². The summed E-state index contributed by atoms with van der Waals surface area (Å²) in [6.07, 6.45) is 4.42. The third-order valence-electron chi connectivity index (χ3n) is 9.42. The maximum atomic E-state index is 14.1. The molecule has 2 aliphatic heterocycles. The molecule has 0 spiro atoms. The van der Waals surface area contributed by atoms with Crippen molar-refractivity contribution in [2.75, 3.05) is 16.4 Å². The first-order valence-corrected chi connectivity index (χ1v) is 16.0. The number of anilines is 3. The maximum Gasteiger partial charge on any atom is 0.269 e. The Kier molecular flexibility index (Phi) is 9.39. The Bertz CT molecular complexity index is 1910. The summed E-state index contributed by atoms with van der Waals surface area (Å²) < 4.78 is 0. The van der Waals surface area contributed by atoms with Gasteiger partial charge in [0.15, 0.2) is 5.60 Å². The summed E-state index contributed by atoms with van der Waals surface area (Å²) in [4.78, 5) is 54.9. The molecule has 49 heavy (non-hydrogen) atoms. The van der Waals surface area contributed by atoms with Gasteiger partial charge in [0.1, 0.15) is 0 Å². The van der Waals surface area contributed by atoms with Gasteiger partial charge in [-0.05, 0) is 53.4 Å². The summed E-state index contributed by atoms with van der Waals surface area (Å²) in [6.45, 7) is 1.89. The highest BCUT2D eigenvalue weighted by Crippen LogP contribution is 2.47. The van der Waals surface area contributed by atoms with Crippen LogP contribution >= 0.6 is 0 Å². The van der Waals surface area contributed by atoms with E-state index < -0.39 is 22.3 Å². The van der Waals surface area contributed by atoms with Gasteiger partial charge < -0.3 is 20.0 Å². The molecule has 250 valence electrons. The third-order valence-corrected chi connectivity index (χ3v) is 9.42. The van der Waals surface area contributed by atoms with Gasteiger partial charge in [-0.2, -0.15) is 0 Å². The van der Waals surface area contributed by atoms with Gasteiger partial charge in [-0.1, -0.05) is 73.7 Å². The normalized spacial score (nSPS) is 19.0. The lowest BCUT2D eigenvalue weighted by atomic mass is 9.82. The number of fused-ring (bicyclic) bond motifs is 2. The second-order valence-corrected chi connectivity index (χ2v) is 12.3. The van der Waals surface area contributed by atoms with E-state index >= 15 is 0 Å². The van der Waals surface area contributed by atoms with E-state index in [0.29, 0.717) is 35.6 Å². The molecule has 0 bridgehead atoms. The predicted octanol–water partition coefficient (Wildman–Crippen LogP) is 5.15. The van der Waals surface area contributed by atoms with Gasteiger partial charge >= 0.3 is 0 Å². The van der Waals surface area contributed by atoms with Crippen LogP contribution in [0.1, 0.15) is 35.6 Å². The molecular formula is C38H36N4O7. The van der Waals surface area contributed by atoms with Crippen molar-refractivity contribution in [3.63, 3.8) is 0 Å². The molecule has 2 heterocycles. The smallest absolute Gasteiger partial charge is 0.269 e. The predicted molar refractivity (Wildman–Crippen MR) is 184 cm³/mol. The Morgan fingerprint density at radius 3 is 2.37 bits per heavy atom. The number of nitro groups is 1. The molecule has 6 rings (SSSR count). The second kappa shape index (κ2) is 13.8. The van der Waals surface area contributed by atoms with Gasteiger partial charge in [0, 0.05) is 48.0 Å². The number of amides is 3. The highest BCUT2D eigenvalue weighted by atomic mass is 16.6. The zero-order chi connectivity index (χ0) is 34.7. The first kappa shape index (κ1) is 33.3. The number of nitrogens with zero attached hydrogens (tertiary/aromatic N) is 4. The van der Waals surface area contributed by atoms with Gasteiger partial charge in [-0.25, -0.2) is 0 Å². The van der Waals surface area contributed by atoms with Crippen LogP contribution in [0.5, 0.6) is 0 Å². The van der Waals surface area contributed by atoms with Crippen LogP contribution in [0.2, 0.25) is 0 Å². The van der Waals surface area contributed by atoms with E-state index in [1.807, 2.05) is 54.6 Å². The Morgan fingerprint density at radius 2 is 1.69 bits per heavy atom. The number of hydrogen-bond donors (Lipinski definition) is 2. The Hall–Kier alpha value is -5.65. The molecule has 0 saturated carbocycles. The third kappa shape index (κ3) is 6.33. The fourth-order valence-electron chi connectivity index (χ4n) is 6.68. The van der Waals surface area contributed by atoms with Crippen molar-refractivity contribution in [1.29, 1.82) is 0 Å². The maximum absolute atomic E-state index is 14.1. The van der Waals surface area contributed by atoms with Crippen molar-refractivity contribution in [2.24, 2.45) is 5.92 Å². The molecule has 0 aliphatic carbocycles. The fraction of sp³-hybridized carbons (Fsp3) is 0.237. The summed E-state index contributed by atoms with van der Waals surface area (Å²) in [5, 5.41) is 33.8. The molecule has 2 aliphatic rings. The molecular weight excluding hydrogens is 624 g/mol. The zero-order valence-corrected chi connectivity index (χ0v) is 26.9. The second-order valence-electron chi connectivity index (χ2n) is 12.3. The first-order valence-electron chi connectivity index (χ1n) is 16.0.